The summed E-state index contributed by atoms with van der Waals surface area (Å²) in [4.78, 5) is 27.9. The van der Waals surface area contributed by atoms with Gasteiger partial charge in [-0.25, -0.2) is 14.2 Å². The van der Waals surface area contributed by atoms with Crippen LogP contribution in [0, 0.1) is 5.82 Å². The molecule has 0 unspecified atom stereocenters. The highest BCUT2D eigenvalue weighted by atomic mass is 79.9. The Kier molecular flexibility index (Phi) is 5.68. The number of benzene rings is 1. The number of pyridine rings is 1. The second-order valence-electron chi connectivity index (χ2n) is 4.50. The van der Waals surface area contributed by atoms with E-state index in [-0.39, 0.29) is 15.2 Å². The number of aromatic nitrogens is 1. The van der Waals surface area contributed by atoms with E-state index in [1.165, 1.54) is 19.2 Å². The van der Waals surface area contributed by atoms with Crippen LogP contribution in [-0.2, 0) is 9.53 Å². The molecule has 0 fully saturated rings. The average molecular weight is 402 g/mol. The topological polar surface area (TPSA) is 68.3 Å². The predicted octanol–water partition coefficient (Wildman–Crippen LogP) is 3.82. The van der Waals surface area contributed by atoms with Crippen molar-refractivity contribution in [1.29, 1.82) is 0 Å². The zero-order valence-electron chi connectivity index (χ0n) is 11.8. The molecule has 2 rings (SSSR count). The molecule has 1 aromatic heterocycles. The molecular formula is C15H11BrClFN2O3. The second kappa shape index (κ2) is 7.52. The van der Waals surface area contributed by atoms with Crippen LogP contribution in [0.2, 0.25) is 5.15 Å². The third-order valence-electron chi connectivity index (χ3n) is 2.82. The first-order chi connectivity index (χ1) is 10.9. The van der Waals surface area contributed by atoms with Crippen LogP contribution < -0.4 is 5.32 Å². The van der Waals surface area contributed by atoms with Crippen molar-refractivity contribution in [2.45, 2.75) is 13.0 Å². The number of nitrogens with zero attached hydrogens (tertiary/aromatic N) is 1. The van der Waals surface area contributed by atoms with Gasteiger partial charge >= 0.3 is 5.97 Å². The molecule has 8 heteroatoms. The lowest BCUT2D eigenvalue weighted by Gasteiger charge is -2.14. The van der Waals surface area contributed by atoms with Gasteiger partial charge in [0, 0.05) is 10.7 Å². The Labute approximate surface area is 144 Å². The number of hydrogen-bond acceptors (Lipinski definition) is 4. The van der Waals surface area contributed by atoms with Gasteiger partial charge in [-0.3, -0.25) is 4.79 Å². The van der Waals surface area contributed by atoms with Crippen LogP contribution in [0.25, 0.3) is 0 Å². The van der Waals surface area contributed by atoms with Crippen LogP contribution >= 0.6 is 27.5 Å². The molecular weight excluding hydrogens is 391 g/mol. The number of anilines is 1. The maximum Gasteiger partial charge on any atom is 0.340 e. The number of carbonyl (C=O) groups excluding carboxylic acids is 2. The van der Waals surface area contributed by atoms with E-state index >= 15 is 0 Å². The van der Waals surface area contributed by atoms with Crippen molar-refractivity contribution in [1.82, 2.24) is 4.98 Å². The Morgan fingerprint density at radius 3 is 2.78 bits per heavy atom. The Balaban J connectivity index is 2.03. The number of rotatable bonds is 4. The van der Waals surface area contributed by atoms with E-state index in [9.17, 15) is 14.0 Å². The van der Waals surface area contributed by atoms with Crippen molar-refractivity contribution in [2.75, 3.05) is 5.32 Å². The summed E-state index contributed by atoms with van der Waals surface area (Å²) in [5.74, 6) is -1.81. The van der Waals surface area contributed by atoms with Gasteiger partial charge in [0.15, 0.2) is 11.3 Å². The standard InChI is InChI=1S/C15H11BrClFN2O3/c1-8(14(21)20-12-3-2-6-19-13(12)17)23-15(22)10-5-4-9(18)7-11(10)16/h2-8H,1H3,(H,20,21)/t8-/m0/s1. The highest BCUT2D eigenvalue weighted by Crippen LogP contribution is 2.20. The lowest BCUT2D eigenvalue weighted by Crippen LogP contribution is -2.30. The van der Waals surface area contributed by atoms with E-state index in [0.29, 0.717) is 5.69 Å². The van der Waals surface area contributed by atoms with Gasteiger partial charge in [0.2, 0.25) is 0 Å². The average Bonchev–Trinajstić information content (AvgIpc) is 2.49. The largest absolute Gasteiger partial charge is 0.449 e. The molecule has 1 N–H and O–H groups in total. The lowest BCUT2D eigenvalue weighted by molar-refractivity contribution is -0.123. The van der Waals surface area contributed by atoms with Crippen molar-refractivity contribution in [3.63, 3.8) is 0 Å². The summed E-state index contributed by atoms with van der Waals surface area (Å²) in [5, 5.41) is 2.63. The van der Waals surface area contributed by atoms with Crippen molar-refractivity contribution in [3.05, 3.63) is 57.5 Å². The molecule has 120 valence electrons. The first-order valence-electron chi connectivity index (χ1n) is 6.46. The smallest absolute Gasteiger partial charge is 0.340 e. The van der Waals surface area contributed by atoms with Crippen LogP contribution in [0.1, 0.15) is 17.3 Å². The van der Waals surface area contributed by atoms with Crippen LogP contribution in [0.15, 0.2) is 41.0 Å². The third kappa shape index (κ3) is 4.49. The van der Waals surface area contributed by atoms with Gasteiger partial charge in [-0.2, -0.15) is 0 Å². The fourth-order valence-corrected chi connectivity index (χ4v) is 2.33. The number of nitrogens with one attached hydrogen (secondary N) is 1. The molecule has 0 bridgehead atoms. The van der Waals surface area contributed by atoms with Crippen molar-refractivity contribution in [2.24, 2.45) is 0 Å². The molecule has 1 atom stereocenters. The van der Waals surface area contributed by atoms with Gasteiger partial charge in [0.05, 0.1) is 11.3 Å². The minimum Gasteiger partial charge on any atom is -0.449 e. The van der Waals surface area contributed by atoms with E-state index in [0.717, 1.165) is 12.1 Å². The minimum atomic E-state index is -1.07. The Morgan fingerprint density at radius 2 is 2.13 bits per heavy atom. The predicted molar refractivity (Wildman–Crippen MR) is 86.9 cm³/mol. The van der Waals surface area contributed by atoms with Gasteiger partial charge in [-0.05, 0) is 53.2 Å². The summed E-state index contributed by atoms with van der Waals surface area (Å²) >= 11 is 8.91. The Morgan fingerprint density at radius 1 is 1.39 bits per heavy atom. The highest BCUT2D eigenvalue weighted by Gasteiger charge is 2.21. The van der Waals surface area contributed by atoms with Crippen LogP contribution in [0.3, 0.4) is 0 Å². The number of halogens is 3. The Hall–Kier alpha value is -1.99. The van der Waals surface area contributed by atoms with Crippen LogP contribution in [-0.4, -0.2) is 23.0 Å². The maximum atomic E-state index is 13.0. The molecule has 5 nitrogen and oxygen atoms in total. The molecule has 1 aromatic carbocycles. The van der Waals surface area contributed by atoms with Crippen molar-refractivity contribution >= 4 is 45.1 Å². The van der Waals surface area contributed by atoms with E-state index in [1.807, 2.05) is 0 Å². The van der Waals surface area contributed by atoms with E-state index in [4.69, 9.17) is 16.3 Å². The monoisotopic (exact) mass is 400 g/mol. The van der Waals surface area contributed by atoms with Gasteiger partial charge < -0.3 is 10.1 Å². The number of hydrogen-bond donors (Lipinski definition) is 1. The van der Waals surface area contributed by atoms with Crippen molar-refractivity contribution in [3.8, 4) is 0 Å². The van der Waals surface area contributed by atoms with Gasteiger partial charge in [-0.15, -0.1) is 0 Å². The van der Waals surface area contributed by atoms with E-state index in [1.54, 1.807) is 12.1 Å². The summed E-state index contributed by atoms with van der Waals surface area (Å²) in [6, 6.07) is 6.70. The van der Waals surface area contributed by atoms with E-state index < -0.39 is 23.8 Å². The summed E-state index contributed by atoms with van der Waals surface area (Å²) in [6.45, 7) is 1.41. The summed E-state index contributed by atoms with van der Waals surface area (Å²) in [5.41, 5.74) is 0.426. The van der Waals surface area contributed by atoms with Crippen molar-refractivity contribution < 1.29 is 18.7 Å². The zero-order valence-corrected chi connectivity index (χ0v) is 14.2. The fraction of sp³-hybridized carbons (Fsp3) is 0.133. The number of amides is 1. The molecule has 23 heavy (non-hydrogen) atoms. The Bertz CT molecular complexity index is 757. The lowest BCUT2D eigenvalue weighted by atomic mass is 10.2. The zero-order chi connectivity index (χ0) is 17.0. The molecule has 0 spiro atoms. The molecule has 0 aliphatic rings. The van der Waals surface area contributed by atoms with Crippen LogP contribution in [0.4, 0.5) is 10.1 Å². The number of ether oxygens (including phenoxy) is 1. The molecule has 1 amide bonds. The van der Waals surface area contributed by atoms with Gasteiger partial charge in [0.1, 0.15) is 5.82 Å². The first kappa shape index (κ1) is 17.4. The molecule has 0 aliphatic heterocycles. The van der Waals surface area contributed by atoms with Gasteiger partial charge in [-0.1, -0.05) is 11.6 Å². The second-order valence-corrected chi connectivity index (χ2v) is 5.72. The summed E-state index contributed by atoms with van der Waals surface area (Å²) in [6.07, 6.45) is 0.406. The minimum absolute atomic E-state index is 0.116. The van der Waals surface area contributed by atoms with Gasteiger partial charge in [0.25, 0.3) is 5.91 Å². The number of esters is 1. The normalized spacial score (nSPS) is 11.7. The highest BCUT2D eigenvalue weighted by molar-refractivity contribution is 9.10. The molecule has 0 saturated carbocycles. The molecule has 1 heterocycles. The summed E-state index contributed by atoms with van der Waals surface area (Å²) in [7, 11) is 0. The summed E-state index contributed by atoms with van der Waals surface area (Å²) < 4.78 is 18.3. The molecule has 0 radical (unpaired) electrons. The first-order valence-corrected chi connectivity index (χ1v) is 7.63. The SMILES string of the molecule is C[C@H](OC(=O)c1ccc(F)cc1Br)C(=O)Nc1cccnc1Cl. The number of carbonyl (C=O) groups is 2. The fourth-order valence-electron chi connectivity index (χ4n) is 1.65. The maximum absolute atomic E-state index is 13.0. The quantitative estimate of drug-likeness (QED) is 0.625. The van der Waals surface area contributed by atoms with Crippen LogP contribution in [0.5, 0.6) is 0 Å². The van der Waals surface area contributed by atoms with E-state index in [2.05, 4.69) is 26.2 Å². The molecule has 0 aliphatic carbocycles. The third-order valence-corrected chi connectivity index (χ3v) is 3.78. The molecule has 2 aromatic rings. The molecule has 0 saturated heterocycles.